The van der Waals surface area contributed by atoms with E-state index in [2.05, 4.69) is 18.9 Å². The second kappa shape index (κ2) is 5.34. The summed E-state index contributed by atoms with van der Waals surface area (Å²) in [6.45, 7) is 6.38. The molecule has 4 nitrogen and oxygen atoms in total. The number of aromatic nitrogens is 2. The van der Waals surface area contributed by atoms with E-state index in [4.69, 9.17) is 10.5 Å². The average molecular weight is 225 g/mol. The molecule has 0 aliphatic heterocycles. The Balaban J connectivity index is 2.79. The number of methoxy groups -OCH3 is 1. The lowest BCUT2D eigenvalue weighted by atomic mass is 9.98. The molecule has 0 bridgehead atoms. The lowest BCUT2D eigenvalue weighted by Gasteiger charge is -2.14. The molecule has 0 fully saturated rings. The zero-order chi connectivity index (χ0) is 12.3. The summed E-state index contributed by atoms with van der Waals surface area (Å²) in [6, 6.07) is 0.178. The van der Waals surface area contributed by atoms with Crippen LogP contribution in [0.2, 0.25) is 0 Å². The fraction of sp³-hybridized carbons (Fsp3) is 0.750. The Labute approximate surface area is 97.8 Å². The van der Waals surface area contributed by atoms with Crippen molar-refractivity contribution in [1.82, 2.24) is 9.78 Å². The van der Waals surface area contributed by atoms with Gasteiger partial charge in [0.1, 0.15) is 0 Å². The van der Waals surface area contributed by atoms with Gasteiger partial charge in [-0.1, -0.05) is 13.8 Å². The number of hydrogen-bond donors (Lipinski definition) is 1. The molecule has 1 aromatic heterocycles. The third kappa shape index (κ3) is 2.98. The monoisotopic (exact) mass is 225 g/mol. The fourth-order valence-electron chi connectivity index (χ4n) is 2.12. The first kappa shape index (κ1) is 13.0. The van der Waals surface area contributed by atoms with Gasteiger partial charge in [0, 0.05) is 18.7 Å². The van der Waals surface area contributed by atoms with Gasteiger partial charge in [0.2, 0.25) is 5.88 Å². The highest BCUT2D eigenvalue weighted by Gasteiger charge is 2.17. The van der Waals surface area contributed by atoms with E-state index in [0.29, 0.717) is 5.92 Å². The number of ether oxygens (including phenoxy) is 1. The second-order valence-electron chi connectivity index (χ2n) is 4.79. The Morgan fingerprint density at radius 3 is 2.56 bits per heavy atom. The Kier molecular flexibility index (Phi) is 4.35. The van der Waals surface area contributed by atoms with Crippen LogP contribution in [0.4, 0.5) is 0 Å². The smallest absolute Gasteiger partial charge is 0.214 e. The first-order valence-corrected chi connectivity index (χ1v) is 5.77. The zero-order valence-corrected chi connectivity index (χ0v) is 10.9. The molecular weight excluding hydrogens is 202 g/mol. The van der Waals surface area contributed by atoms with Crippen molar-refractivity contribution in [3.05, 3.63) is 11.3 Å². The van der Waals surface area contributed by atoms with Crippen LogP contribution in [0.5, 0.6) is 5.88 Å². The van der Waals surface area contributed by atoms with Crippen LogP contribution in [-0.2, 0) is 13.5 Å². The van der Waals surface area contributed by atoms with Crippen LogP contribution in [0.1, 0.15) is 31.5 Å². The van der Waals surface area contributed by atoms with Crippen LogP contribution < -0.4 is 10.5 Å². The van der Waals surface area contributed by atoms with E-state index in [1.807, 2.05) is 14.0 Å². The van der Waals surface area contributed by atoms with Gasteiger partial charge in [-0.25, -0.2) is 4.68 Å². The van der Waals surface area contributed by atoms with E-state index in [1.54, 1.807) is 11.8 Å². The lowest BCUT2D eigenvalue weighted by molar-refractivity contribution is 0.366. The van der Waals surface area contributed by atoms with Crippen molar-refractivity contribution >= 4 is 0 Å². The molecule has 0 aliphatic carbocycles. The largest absolute Gasteiger partial charge is 0.481 e. The Morgan fingerprint density at radius 2 is 2.06 bits per heavy atom. The summed E-state index contributed by atoms with van der Waals surface area (Å²) in [7, 11) is 3.57. The predicted molar refractivity (Wildman–Crippen MR) is 65.6 cm³/mol. The highest BCUT2D eigenvalue weighted by Crippen LogP contribution is 2.23. The molecule has 0 amide bonds. The first-order valence-electron chi connectivity index (χ1n) is 5.77. The van der Waals surface area contributed by atoms with Crippen LogP contribution in [0.15, 0.2) is 0 Å². The lowest BCUT2D eigenvalue weighted by Crippen LogP contribution is -2.25. The number of aryl methyl sites for hydroxylation is 2. The van der Waals surface area contributed by atoms with Crippen LogP contribution in [0.25, 0.3) is 0 Å². The third-order valence-electron chi connectivity index (χ3n) is 2.72. The molecule has 1 aromatic rings. The Morgan fingerprint density at radius 1 is 1.44 bits per heavy atom. The molecule has 2 N–H and O–H groups in total. The Hall–Kier alpha value is -1.03. The summed E-state index contributed by atoms with van der Waals surface area (Å²) in [5.74, 6) is 1.45. The number of nitrogens with zero attached hydrogens (tertiary/aromatic N) is 2. The van der Waals surface area contributed by atoms with Crippen molar-refractivity contribution in [2.24, 2.45) is 18.7 Å². The topological polar surface area (TPSA) is 53.1 Å². The van der Waals surface area contributed by atoms with Gasteiger partial charge >= 0.3 is 0 Å². The van der Waals surface area contributed by atoms with Crippen LogP contribution in [0, 0.1) is 12.8 Å². The van der Waals surface area contributed by atoms with E-state index < -0.39 is 0 Å². The number of nitrogens with two attached hydrogens (primary N) is 1. The van der Waals surface area contributed by atoms with Crippen LogP contribution >= 0.6 is 0 Å². The van der Waals surface area contributed by atoms with Crippen molar-refractivity contribution in [2.45, 2.75) is 39.7 Å². The molecule has 4 heteroatoms. The van der Waals surface area contributed by atoms with Gasteiger partial charge in [-0.15, -0.1) is 0 Å². The molecule has 0 aromatic carbocycles. The van der Waals surface area contributed by atoms with Crippen molar-refractivity contribution in [1.29, 1.82) is 0 Å². The summed E-state index contributed by atoms with van der Waals surface area (Å²) >= 11 is 0. The van der Waals surface area contributed by atoms with Crippen LogP contribution in [-0.4, -0.2) is 22.9 Å². The van der Waals surface area contributed by atoms with Gasteiger partial charge in [0.25, 0.3) is 0 Å². The van der Waals surface area contributed by atoms with Crippen molar-refractivity contribution in [3.8, 4) is 5.88 Å². The van der Waals surface area contributed by atoms with Gasteiger partial charge in [-0.05, 0) is 25.7 Å². The van der Waals surface area contributed by atoms with Crippen molar-refractivity contribution < 1.29 is 4.74 Å². The SMILES string of the molecule is COc1c(CC(N)CC(C)C)c(C)nn1C. The molecule has 16 heavy (non-hydrogen) atoms. The summed E-state index contributed by atoms with van der Waals surface area (Å²) in [5.41, 5.74) is 8.27. The minimum atomic E-state index is 0.178. The summed E-state index contributed by atoms with van der Waals surface area (Å²) in [4.78, 5) is 0. The maximum atomic E-state index is 6.12. The third-order valence-corrected chi connectivity index (χ3v) is 2.72. The molecular formula is C12H23N3O. The van der Waals surface area contributed by atoms with E-state index in [1.165, 1.54) is 0 Å². The summed E-state index contributed by atoms with van der Waals surface area (Å²) < 4.78 is 7.12. The zero-order valence-electron chi connectivity index (χ0n) is 10.9. The Bertz CT molecular complexity index is 344. The molecule has 0 radical (unpaired) electrons. The van der Waals surface area contributed by atoms with Gasteiger partial charge in [-0.2, -0.15) is 5.10 Å². The molecule has 0 saturated heterocycles. The van der Waals surface area contributed by atoms with Gasteiger partial charge in [0.05, 0.1) is 12.8 Å². The minimum absolute atomic E-state index is 0.178. The van der Waals surface area contributed by atoms with Gasteiger partial charge in [-0.3, -0.25) is 0 Å². The molecule has 1 atom stereocenters. The molecule has 0 aliphatic rings. The average Bonchev–Trinajstić information content (AvgIpc) is 2.40. The highest BCUT2D eigenvalue weighted by atomic mass is 16.5. The summed E-state index contributed by atoms with van der Waals surface area (Å²) in [5, 5.41) is 4.35. The van der Waals surface area contributed by atoms with E-state index in [-0.39, 0.29) is 6.04 Å². The minimum Gasteiger partial charge on any atom is -0.481 e. The van der Waals surface area contributed by atoms with Gasteiger partial charge < -0.3 is 10.5 Å². The van der Waals surface area contributed by atoms with Crippen LogP contribution in [0.3, 0.4) is 0 Å². The van der Waals surface area contributed by atoms with Crippen molar-refractivity contribution in [3.63, 3.8) is 0 Å². The highest BCUT2D eigenvalue weighted by molar-refractivity contribution is 5.31. The molecule has 92 valence electrons. The predicted octanol–water partition coefficient (Wildman–Crippen LogP) is 1.65. The first-order chi connectivity index (χ1) is 7.45. The number of hydrogen-bond acceptors (Lipinski definition) is 3. The maximum absolute atomic E-state index is 6.12. The van der Waals surface area contributed by atoms with E-state index in [0.717, 1.165) is 30.0 Å². The standard InChI is InChI=1S/C12H23N3O/c1-8(2)6-10(13)7-11-9(3)14-15(4)12(11)16-5/h8,10H,6-7,13H2,1-5H3. The van der Waals surface area contributed by atoms with E-state index >= 15 is 0 Å². The molecule has 1 heterocycles. The quantitative estimate of drug-likeness (QED) is 0.829. The number of rotatable bonds is 5. The molecule has 0 saturated carbocycles. The second-order valence-corrected chi connectivity index (χ2v) is 4.79. The van der Waals surface area contributed by atoms with E-state index in [9.17, 15) is 0 Å². The normalized spacial score (nSPS) is 13.2. The molecule has 1 rings (SSSR count). The van der Waals surface area contributed by atoms with Gasteiger partial charge in [0.15, 0.2) is 0 Å². The molecule has 1 unspecified atom stereocenters. The summed E-state index contributed by atoms with van der Waals surface area (Å²) in [6.07, 6.45) is 1.86. The molecule has 0 spiro atoms. The van der Waals surface area contributed by atoms with Crippen molar-refractivity contribution in [2.75, 3.05) is 7.11 Å². The maximum Gasteiger partial charge on any atom is 0.214 e. The fourth-order valence-corrected chi connectivity index (χ4v) is 2.12.